The number of amides is 3. The molecule has 3 aliphatic heterocycles. The number of likely N-dealkylation sites (tertiary alicyclic amines) is 1. The van der Waals surface area contributed by atoms with Crippen molar-refractivity contribution < 1.29 is 18.8 Å². The highest BCUT2D eigenvalue weighted by Crippen LogP contribution is 2.21. The molecule has 33 heavy (non-hydrogen) atoms. The van der Waals surface area contributed by atoms with Crippen LogP contribution in [0.3, 0.4) is 0 Å². The molecule has 0 radical (unpaired) electrons. The Morgan fingerprint density at radius 3 is 2.45 bits per heavy atom. The fourth-order valence-electron chi connectivity index (χ4n) is 4.14. The van der Waals surface area contributed by atoms with Crippen LogP contribution >= 0.6 is 23.4 Å². The number of rotatable bonds is 5. The zero-order valence-corrected chi connectivity index (χ0v) is 19.8. The molecule has 1 aromatic rings. The second-order valence-electron chi connectivity index (χ2n) is 8.43. The van der Waals surface area contributed by atoms with E-state index in [1.807, 2.05) is 9.80 Å². The summed E-state index contributed by atoms with van der Waals surface area (Å²) in [5.41, 5.74) is 0.154. The molecule has 1 atom stereocenters. The van der Waals surface area contributed by atoms with E-state index in [4.69, 9.17) is 11.6 Å². The first kappa shape index (κ1) is 24.0. The fourth-order valence-corrected chi connectivity index (χ4v) is 5.19. The van der Waals surface area contributed by atoms with Crippen molar-refractivity contribution in [2.24, 2.45) is 4.99 Å². The van der Waals surface area contributed by atoms with Crippen LogP contribution in [-0.4, -0.2) is 95.2 Å². The Balaban J connectivity index is 1.21. The number of halogens is 2. The van der Waals surface area contributed by atoms with Crippen LogP contribution in [0.25, 0.3) is 0 Å². The summed E-state index contributed by atoms with van der Waals surface area (Å²) in [6, 6.07) is 3.64. The minimum Gasteiger partial charge on any atom is -0.342 e. The second kappa shape index (κ2) is 10.8. The lowest BCUT2D eigenvalue weighted by Gasteiger charge is -2.35. The van der Waals surface area contributed by atoms with Gasteiger partial charge in [0.2, 0.25) is 11.8 Å². The summed E-state index contributed by atoms with van der Waals surface area (Å²) in [6.45, 7) is 4.71. The van der Waals surface area contributed by atoms with Crippen LogP contribution in [0.5, 0.6) is 0 Å². The molecule has 0 spiro atoms. The SMILES string of the molecule is O=C(NC1=NC(CC(=O)N2CCN(CC(=O)N3CCCC3)CC2)CS1)c1ccc(Cl)c(F)c1. The van der Waals surface area contributed by atoms with Crippen molar-refractivity contribution in [2.45, 2.75) is 25.3 Å². The predicted octanol–water partition coefficient (Wildman–Crippen LogP) is 1.84. The van der Waals surface area contributed by atoms with Crippen molar-refractivity contribution in [1.82, 2.24) is 20.0 Å². The number of hydrogen-bond donors (Lipinski definition) is 1. The van der Waals surface area contributed by atoms with E-state index < -0.39 is 11.7 Å². The number of nitrogens with zero attached hydrogens (tertiary/aromatic N) is 4. The number of aliphatic imine (C=N–C) groups is 1. The molecule has 3 amide bonds. The number of benzene rings is 1. The molecule has 1 unspecified atom stereocenters. The summed E-state index contributed by atoms with van der Waals surface area (Å²) in [6.07, 6.45) is 2.44. The average Bonchev–Trinajstić information content (AvgIpc) is 3.48. The predicted molar refractivity (Wildman–Crippen MR) is 126 cm³/mol. The first-order chi connectivity index (χ1) is 15.9. The summed E-state index contributed by atoms with van der Waals surface area (Å²) < 4.78 is 13.6. The zero-order chi connectivity index (χ0) is 23.4. The van der Waals surface area contributed by atoms with E-state index in [0.717, 1.165) is 32.0 Å². The van der Waals surface area contributed by atoms with Gasteiger partial charge in [0.25, 0.3) is 5.91 Å². The van der Waals surface area contributed by atoms with Gasteiger partial charge in [-0.05, 0) is 31.0 Å². The van der Waals surface area contributed by atoms with E-state index in [2.05, 4.69) is 15.2 Å². The van der Waals surface area contributed by atoms with Gasteiger partial charge in [0.1, 0.15) is 5.82 Å². The summed E-state index contributed by atoms with van der Waals surface area (Å²) in [5, 5.41) is 3.05. The molecule has 4 rings (SSSR count). The molecule has 0 saturated carbocycles. The number of amidine groups is 1. The van der Waals surface area contributed by atoms with Gasteiger partial charge in [-0.15, -0.1) is 0 Å². The Kier molecular flexibility index (Phi) is 7.87. The number of piperazine rings is 1. The highest BCUT2D eigenvalue weighted by molar-refractivity contribution is 8.14. The van der Waals surface area contributed by atoms with Crippen LogP contribution in [0, 0.1) is 5.82 Å². The Morgan fingerprint density at radius 2 is 1.76 bits per heavy atom. The molecule has 0 bridgehead atoms. The van der Waals surface area contributed by atoms with Gasteiger partial charge in [-0.3, -0.25) is 24.3 Å². The highest BCUT2D eigenvalue weighted by atomic mass is 35.5. The maximum Gasteiger partial charge on any atom is 0.257 e. The minimum absolute atomic E-state index is 0.0298. The molecule has 2 fully saturated rings. The number of carbonyl (C=O) groups excluding carboxylic acids is 3. The molecule has 8 nitrogen and oxygen atoms in total. The van der Waals surface area contributed by atoms with Crippen molar-refractivity contribution in [1.29, 1.82) is 0 Å². The Bertz CT molecular complexity index is 948. The van der Waals surface area contributed by atoms with E-state index >= 15 is 0 Å². The van der Waals surface area contributed by atoms with E-state index in [1.54, 1.807) is 0 Å². The standard InChI is InChI=1S/C22H27ClFN5O3S/c23-17-4-3-15(11-18(17)24)21(32)26-22-25-16(14-33-22)12-19(30)29-9-7-27(8-10-29)13-20(31)28-5-1-2-6-28/h3-4,11,16H,1-2,5-10,12-14H2,(H,25,26,32). The van der Waals surface area contributed by atoms with Crippen molar-refractivity contribution in [3.05, 3.63) is 34.6 Å². The van der Waals surface area contributed by atoms with Crippen molar-refractivity contribution in [2.75, 3.05) is 51.6 Å². The monoisotopic (exact) mass is 495 g/mol. The number of thioether (sulfide) groups is 1. The Labute approximate surface area is 201 Å². The van der Waals surface area contributed by atoms with E-state index in [0.29, 0.717) is 43.6 Å². The van der Waals surface area contributed by atoms with Gasteiger partial charge in [-0.1, -0.05) is 23.4 Å². The summed E-state index contributed by atoms with van der Waals surface area (Å²) in [5.74, 6) is -0.318. The lowest BCUT2D eigenvalue weighted by Crippen LogP contribution is -2.51. The average molecular weight is 496 g/mol. The van der Waals surface area contributed by atoms with Crippen molar-refractivity contribution in [3.63, 3.8) is 0 Å². The fraction of sp³-hybridized carbons (Fsp3) is 0.545. The first-order valence-electron chi connectivity index (χ1n) is 11.1. The van der Waals surface area contributed by atoms with Crippen LogP contribution in [0.15, 0.2) is 23.2 Å². The summed E-state index contributed by atoms with van der Waals surface area (Å²) in [4.78, 5) is 47.7. The topological polar surface area (TPSA) is 85.3 Å². The molecule has 3 heterocycles. The van der Waals surface area contributed by atoms with Crippen LogP contribution in [0.2, 0.25) is 5.02 Å². The van der Waals surface area contributed by atoms with Crippen LogP contribution < -0.4 is 5.32 Å². The maximum absolute atomic E-state index is 13.6. The van der Waals surface area contributed by atoms with E-state index in [9.17, 15) is 18.8 Å². The molecule has 0 aliphatic carbocycles. The molecule has 0 aromatic heterocycles. The van der Waals surface area contributed by atoms with Gasteiger partial charge in [0.05, 0.1) is 24.0 Å². The number of hydrogen-bond acceptors (Lipinski definition) is 6. The van der Waals surface area contributed by atoms with Crippen LogP contribution in [-0.2, 0) is 9.59 Å². The Hall–Kier alpha value is -2.17. The minimum atomic E-state index is -0.658. The van der Waals surface area contributed by atoms with Crippen molar-refractivity contribution in [3.8, 4) is 0 Å². The largest absolute Gasteiger partial charge is 0.342 e. The zero-order valence-electron chi connectivity index (χ0n) is 18.3. The second-order valence-corrected chi connectivity index (χ2v) is 9.85. The molecule has 2 saturated heterocycles. The Morgan fingerprint density at radius 1 is 1.06 bits per heavy atom. The van der Waals surface area contributed by atoms with Crippen LogP contribution in [0.4, 0.5) is 4.39 Å². The van der Waals surface area contributed by atoms with E-state index in [1.165, 1.54) is 23.9 Å². The molecular weight excluding hydrogens is 469 g/mol. The quantitative estimate of drug-likeness (QED) is 0.673. The highest BCUT2D eigenvalue weighted by Gasteiger charge is 2.28. The van der Waals surface area contributed by atoms with Gasteiger partial charge in [-0.2, -0.15) is 0 Å². The first-order valence-corrected chi connectivity index (χ1v) is 12.5. The lowest BCUT2D eigenvalue weighted by molar-refractivity contribution is -0.134. The summed E-state index contributed by atoms with van der Waals surface area (Å²) >= 11 is 7.02. The van der Waals surface area contributed by atoms with Gasteiger partial charge < -0.3 is 15.1 Å². The maximum atomic E-state index is 13.6. The molecule has 3 aliphatic rings. The number of carbonyl (C=O) groups is 3. The lowest BCUT2D eigenvalue weighted by atomic mass is 10.2. The molecule has 1 N–H and O–H groups in total. The molecule has 178 valence electrons. The number of nitrogens with one attached hydrogen (secondary N) is 1. The molecule has 11 heteroatoms. The van der Waals surface area contributed by atoms with Gasteiger partial charge in [0.15, 0.2) is 5.17 Å². The van der Waals surface area contributed by atoms with Gasteiger partial charge in [-0.25, -0.2) is 4.39 Å². The third kappa shape index (κ3) is 6.24. The summed E-state index contributed by atoms with van der Waals surface area (Å²) in [7, 11) is 0. The van der Waals surface area contributed by atoms with Crippen molar-refractivity contribution >= 4 is 46.3 Å². The third-order valence-electron chi connectivity index (χ3n) is 6.07. The third-order valence-corrected chi connectivity index (χ3v) is 7.41. The van der Waals surface area contributed by atoms with Crippen LogP contribution in [0.1, 0.15) is 29.6 Å². The normalized spacial score (nSPS) is 21.3. The smallest absolute Gasteiger partial charge is 0.257 e. The molecular formula is C22H27ClFN5O3S. The van der Waals surface area contributed by atoms with Gasteiger partial charge in [0, 0.05) is 50.6 Å². The van der Waals surface area contributed by atoms with Gasteiger partial charge >= 0.3 is 0 Å². The molecule has 1 aromatic carbocycles. The van der Waals surface area contributed by atoms with E-state index in [-0.39, 0.29) is 34.9 Å².